The number of benzene rings is 2. The molecule has 0 spiro atoms. The average molecular weight is 323 g/mol. The Morgan fingerprint density at radius 2 is 1.95 bits per heavy atom. The number of carbonyl (C=O) groups excluding carboxylic acids is 1. The van der Waals surface area contributed by atoms with Gasteiger partial charge in [-0.15, -0.1) is 0 Å². The third kappa shape index (κ3) is 2.68. The van der Waals surface area contributed by atoms with Crippen LogP contribution in [0.25, 0.3) is 0 Å². The van der Waals surface area contributed by atoms with E-state index in [2.05, 4.69) is 15.9 Å². The van der Waals surface area contributed by atoms with Gasteiger partial charge in [0.1, 0.15) is 11.6 Å². The van der Waals surface area contributed by atoms with Crippen LogP contribution in [0.15, 0.2) is 40.9 Å². The number of rotatable bonds is 3. The van der Waals surface area contributed by atoms with Gasteiger partial charge in [0.05, 0.1) is 12.7 Å². The van der Waals surface area contributed by atoms with Crippen molar-refractivity contribution < 1.29 is 13.9 Å². The quantitative estimate of drug-likeness (QED) is 0.794. The molecule has 0 saturated heterocycles. The van der Waals surface area contributed by atoms with Crippen molar-refractivity contribution in [3.05, 3.63) is 63.4 Å². The molecule has 0 aromatic heterocycles. The number of carbonyl (C=O) groups is 1. The second-order valence-corrected chi connectivity index (χ2v) is 4.97. The van der Waals surface area contributed by atoms with Gasteiger partial charge in [0.15, 0.2) is 5.78 Å². The summed E-state index contributed by atoms with van der Waals surface area (Å²) in [7, 11) is 1.55. The van der Waals surface area contributed by atoms with Crippen molar-refractivity contribution in [3.8, 4) is 5.75 Å². The standard InChI is InChI=1S/C15H12BrFO2/c1-9-4-3-5-12(14(9)17)15(18)11-7-6-10(19-2)8-13(11)16/h3-8H,1-2H3. The Bertz CT molecular complexity index is 638. The van der Waals surface area contributed by atoms with Crippen LogP contribution in [-0.4, -0.2) is 12.9 Å². The predicted molar refractivity (Wildman–Crippen MR) is 75.3 cm³/mol. The van der Waals surface area contributed by atoms with Gasteiger partial charge in [-0.2, -0.15) is 0 Å². The van der Waals surface area contributed by atoms with Gasteiger partial charge >= 0.3 is 0 Å². The zero-order valence-electron chi connectivity index (χ0n) is 10.5. The Morgan fingerprint density at radius 3 is 2.58 bits per heavy atom. The molecule has 0 radical (unpaired) electrons. The molecule has 0 N–H and O–H groups in total. The molecule has 19 heavy (non-hydrogen) atoms. The van der Waals surface area contributed by atoms with Crippen LogP contribution in [-0.2, 0) is 0 Å². The Labute approximate surface area is 119 Å². The molecule has 0 atom stereocenters. The molecule has 0 unspecified atom stereocenters. The number of hydrogen-bond donors (Lipinski definition) is 0. The van der Waals surface area contributed by atoms with E-state index in [9.17, 15) is 9.18 Å². The number of methoxy groups -OCH3 is 1. The Balaban J connectivity index is 2.47. The Kier molecular flexibility index (Phi) is 4.00. The molecule has 0 aliphatic rings. The van der Waals surface area contributed by atoms with E-state index < -0.39 is 5.82 Å². The minimum atomic E-state index is -0.477. The number of halogens is 2. The summed E-state index contributed by atoms with van der Waals surface area (Å²) < 4.78 is 19.6. The molecule has 2 nitrogen and oxygen atoms in total. The molecule has 0 aliphatic heterocycles. The Morgan fingerprint density at radius 1 is 1.21 bits per heavy atom. The molecule has 0 aliphatic carbocycles. The van der Waals surface area contributed by atoms with E-state index in [-0.39, 0.29) is 11.3 Å². The fourth-order valence-electron chi connectivity index (χ4n) is 1.77. The summed E-state index contributed by atoms with van der Waals surface area (Å²) in [6.45, 7) is 1.63. The largest absolute Gasteiger partial charge is 0.497 e. The number of ether oxygens (including phenoxy) is 1. The van der Waals surface area contributed by atoms with Crippen molar-refractivity contribution in [2.45, 2.75) is 6.92 Å². The first-order valence-corrected chi connectivity index (χ1v) is 6.47. The van der Waals surface area contributed by atoms with Crippen LogP contribution >= 0.6 is 15.9 Å². The second-order valence-electron chi connectivity index (χ2n) is 4.11. The minimum Gasteiger partial charge on any atom is -0.497 e. The first-order valence-electron chi connectivity index (χ1n) is 5.68. The van der Waals surface area contributed by atoms with Gasteiger partial charge in [0.2, 0.25) is 0 Å². The maximum Gasteiger partial charge on any atom is 0.197 e. The van der Waals surface area contributed by atoms with Crippen molar-refractivity contribution in [2.75, 3.05) is 7.11 Å². The molecule has 2 aromatic carbocycles. The highest BCUT2D eigenvalue weighted by atomic mass is 79.9. The van der Waals surface area contributed by atoms with Gasteiger partial charge in [-0.25, -0.2) is 4.39 Å². The lowest BCUT2D eigenvalue weighted by molar-refractivity contribution is 0.103. The minimum absolute atomic E-state index is 0.0749. The van der Waals surface area contributed by atoms with E-state index in [0.717, 1.165) is 0 Å². The number of aryl methyl sites for hydroxylation is 1. The molecule has 0 saturated carbocycles. The lowest BCUT2D eigenvalue weighted by Crippen LogP contribution is -2.06. The average Bonchev–Trinajstić information content (AvgIpc) is 2.41. The van der Waals surface area contributed by atoms with Crippen LogP contribution < -0.4 is 4.74 Å². The molecule has 4 heteroatoms. The van der Waals surface area contributed by atoms with Gasteiger partial charge in [-0.1, -0.05) is 12.1 Å². The highest BCUT2D eigenvalue weighted by molar-refractivity contribution is 9.10. The summed E-state index contributed by atoms with van der Waals surface area (Å²) in [5.41, 5.74) is 0.937. The molecule has 0 heterocycles. The maximum absolute atomic E-state index is 14.0. The van der Waals surface area contributed by atoms with Crippen LogP contribution in [0.4, 0.5) is 4.39 Å². The number of ketones is 1. The summed E-state index contributed by atoms with van der Waals surface area (Å²) in [4.78, 5) is 12.3. The van der Waals surface area contributed by atoms with E-state index >= 15 is 0 Å². The van der Waals surface area contributed by atoms with Gasteiger partial charge in [-0.3, -0.25) is 4.79 Å². The summed E-state index contributed by atoms with van der Waals surface area (Å²) in [5.74, 6) is -0.195. The fraction of sp³-hybridized carbons (Fsp3) is 0.133. The fourth-order valence-corrected chi connectivity index (χ4v) is 2.31. The SMILES string of the molecule is COc1ccc(C(=O)c2cccc(C)c2F)c(Br)c1. The molecule has 2 rings (SSSR count). The van der Waals surface area contributed by atoms with Crippen LogP contribution in [0.2, 0.25) is 0 Å². The third-order valence-corrected chi connectivity index (χ3v) is 3.51. The summed E-state index contributed by atoms with van der Waals surface area (Å²) >= 11 is 3.31. The van der Waals surface area contributed by atoms with Crippen molar-refractivity contribution >= 4 is 21.7 Å². The van der Waals surface area contributed by atoms with Crippen LogP contribution in [0.1, 0.15) is 21.5 Å². The summed E-state index contributed by atoms with van der Waals surface area (Å²) in [5, 5.41) is 0. The van der Waals surface area contributed by atoms with E-state index in [1.54, 1.807) is 44.4 Å². The highest BCUT2D eigenvalue weighted by Crippen LogP contribution is 2.26. The molecular weight excluding hydrogens is 311 g/mol. The molecule has 0 bridgehead atoms. The molecule has 0 amide bonds. The zero-order chi connectivity index (χ0) is 14.0. The molecule has 0 fully saturated rings. The van der Waals surface area contributed by atoms with Gasteiger partial charge in [-0.05, 0) is 52.7 Å². The van der Waals surface area contributed by atoms with Crippen LogP contribution in [0, 0.1) is 12.7 Å². The third-order valence-electron chi connectivity index (χ3n) is 2.86. The number of hydrogen-bond acceptors (Lipinski definition) is 2. The predicted octanol–water partition coefficient (Wildman–Crippen LogP) is 4.14. The van der Waals surface area contributed by atoms with Gasteiger partial charge in [0, 0.05) is 10.0 Å². The van der Waals surface area contributed by atoms with E-state index in [4.69, 9.17) is 4.74 Å². The zero-order valence-corrected chi connectivity index (χ0v) is 12.1. The molecule has 98 valence electrons. The van der Waals surface area contributed by atoms with Gasteiger partial charge < -0.3 is 4.74 Å². The monoisotopic (exact) mass is 322 g/mol. The first-order chi connectivity index (χ1) is 9.04. The van der Waals surface area contributed by atoms with Gasteiger partial charge in [0.25, 0.3) is 0 Å². The topological polar surface area (TPSA) is 26.3 Å². The lowest BCUT2D eigenvalue weighted by Gasteiger charge is -2.08. The van der Waals surface area contributed by atoms with Crippen molar-refractivity contribution in [2.24, 2.45) is 0 Å². The highest BCUT2D eigenvalue weighted by Gasteiger charge is 2.17. The molecular formula is C15H12BrFO2. The molecule has 2 aromatic rings. The maximum atomic E-state index is 14.0. The smallest absolute Gasteiger partial charge is 0.197 e. The first kappa shape index (κ1) is 13.7. The second kappa shape index (κ2) is 5.53. The van der Waals surface area contributed by atoms with E-state index in [1.807, 2.05) is 0 Å². The van der Waals surface area contributed by atoms with E-state index in [1.165, 1.54) is 6.07 Å². The summed E-state index contributed by atoms with van der Waals surface area (Å²) in [6.07, 6.45) is 0. The Hall–Kier alpha value is -1.68. The van der Waals surface area contributed by atoms with Crippen LogP contribution in [0.5, 0.6) is 5.75 Å². The van der Waals surface area contributed by atoms with E-state index in [0.29, 0.717) is 21.3 Å². The van der Waals surface area contributed by atoms with Crippen LogP contribution in [0.3, 0.4) is 0 Å². The lowest BCUT2D eigenvalue weighted by atomic mass is 10.0. The van der Waals surface area contributed by atoms with Crippen molar-refractivity contribution in [1.82, 2.24) is 0 Å². The van der Waals surface area contributed by atoms with Crippen molar-refractivity contribution in [3.63, 3.8) is 0 Å². The van der Waals surface area contributed by atoms with Crippen molar-refractivity contribution in [1.29, 1.82) is 0 Å². The summed E-state index contributed by atoms with van der Waals surface area (Å²) in [6, 6.07) is 9.76. The normalized spacial score (nSPS) is 10.3.